The number of primary amides is 1. The molecule has 2 atom stereocenters. The van der Waals surface area contributed by atoms with E-state index < -0.39 is 18.1 Å². The zero-order valence-corrected chi connectivity index (χ0v) is 10.2. The van der Waals surface area contributed by atoms with Crippen LogP contribution >= 0.6 is 23.2 Å². The van der Waals surface area contributed by atoms with Crippen LogP contribution in [0.3, 0.4) is 0 Å². The fourth-order valence-electron chi connectivity index (χ4n) is 1.33. The van der Waals surface area contributed by atoms with Crippen LogP contribution in [0.25, 0.3) is 0 Å². The number of halogens is 2. The van der Waals surface area contributed by atoms with E-state index in [1.807, 2.05) is 0 Å². The van der Waals surface area contributed by atoms with Gasteiger partial charge < -0.3 is 21.7 Å². The number of nitrogen functional groups attached to an aromatic ring is 1. The minimum atomic E-state index is -1.35. The van der Waals surface area contributed by atoms with E-state index >= 15 is 0 Å². The molecule has 0 heterocycles. The van der Waals surface area contributed by atoms with Crippen LogP contribution in [0.1, 0.15) is 18.1 Å². The van der Waals surface area contributed by atoms with Gasteiger partial charge in [0.1, 0.15) is 6.10 Å². The Labute approximate surface area is 108 Å². The maximum atomic E-state index is 10.6. The monoisotopic (exact) mass is 278 g/mol. The van der Waals surface area contributed by atoms with Crippen LogP contribution in [-0.4, -0.2) is 22.2 Å². The standard InChI is InChI=1S/C10H12Cl2N2O3/c11-8-4(1-2-5(13)9(8)12)10(17)6(15)3-7(14)16/h1-2,6,10,15,17H,3,13H2,(H2,14,16). The van der Waals surface area contributed by atoms with E-state index in [1.165, 1.54) is 12.1 Å². The van der Waals surface area contributed by atoms with E-state index in [-0.39, 0.29) is 27.7 Å². The lowest BCUT2D eigenvalue weighted by Gasteiger charge is -2.19. The molecule has 17 heavy (non-hydrogen) atoms. The second-order valence-corrected chi connectivity index (χ2v) is 4.31. The zero-order valence-electron chi connectivity index (χ0n) is 8.73. The number of carbonyl (C=O) groups is 1. The first-order chi connectivity index (χ1) is 7.84. The Morgan fingerprint density at radius 1 is 1.29 bits per heavy atom. The van der Waals surface area contributed by atoms with Gasteiger partial charge >= 0.3 is 0 Å². The number of benzene rings is 1. The molecule has 1 aromatic rings. The fraction of sp³-hybridized carbons (Fsp3) is 0.300. The molecule has 2 unspecified atom stereocenters. The second kappa shape index (κ2) is 5.55. The lowest BCUT2D eigenvalue weighted by atomic mass is 10.0. The summed E-state index contributed by atoms with van der Waals surface area (Å²) in [5.74, 6) is -0.728. The number of aliphatic hydroxyl groups is 2. The van der Waals surface area contributed by atoms with Crippen molar-refractivity contribution in [2.75, 3.05) is 5.73 Å². The molecule has 94 valence electrons. The van der Waals surface area contributed by atoms with Crippen LogP contribution in [0.15, 0.2) is 12.1 Å². The van der Waals surface area contributed by atoms with Crippen molar-refractivity contribution in [1.82, 2.24) is 0 Å². The maximum absolute atomic E-state index is 10.6. The molecule has 0 radical (unpaired) electrons. The topological polar surface area (TPSA) is 110 Å². The van der Waals surface area contributed by atoms with E-state index in [0.717, 1.165) is 0 Å². The van der Waals surface area contributed by atoms with Gasteiger partial charge in [-0.05, 0) is 6.07 Å². The molecule has 0 aromatic heterocycles. The highest BCUT2D eigenvalue weighted by molar-refractivity contribution is 6.44. The van der Waals surface area contributed by atoms with Crippen molar-refractivity contribution in [1.29, 1.82) is 0 Å². The van der Waals surface area contributed by atoms with Gasteiger partial charge in [-0.1, -0.05) is 29.3 Å². The largest absolute Gasteiger partial charge is 0.397 e. The molecule has 0 saturated heterocycles. The molecule has 7 heteroatoms. The third-order valence-corrected chi connectivity index (χ3v) is 3.15. The molecule has 0 aliphatic carbocycles. The molecule has 0 saturated carbocycles. The minimum absolute atomic E-state index is 0.0442. The summed E-state index contributed by atoms with van der Waals surface area (Å²) in [5.41, 5.74) is 10.9. The van der Waals surface area contributed by atoms with Crippen LogP contribution in [0.2, 0.25) is 10.0 Å². The molecule has 0 fully saturated rings. The molecule has 0 bridgehead atoms. The minimum Gasteiger partial charge on any atom is -0.397 e. The summed E-state index contributed by atoms with van der Waals surface area (Å²) in [4.78, 5) is 10.6. The van der Waals surface area contributed by atoms with Crippen molar-refractivity contribution >= 4 is 34.8 Å². The molecule has 0 spiro atoms. The molecule has 1 aromatic carbocycles. The molecular weight excluding hydrogens is 267 g/mol. The van der Waals surface area contributed by atoms with Gasteiger partial charge in [-0.25, -0.2) is 0 Å². The molecule has 1 amide bonds. The van der Waals surface area contributed by atoms with Crippen molar-refractivity contribution in [3.63, 3.8) is 0 Å². The molecule has 5 nitrogen and oxygen atoms in total. The van der Waals surface area contributed by atoms with Gasteiger partial charge in [0, 0.05) is 5.56 Å². The summed E-state index contributed by atoms with van der Waals surface area (Å²) in [6.45, 7) is 0. The average Bonchev–Trinajstić information content (AvgIpc) is 2.24. The number of hydrogen-bond acceptors (Lipinski definition) is 4. The Bertz CT molecular complexity index is 440. The Morgan fingerprint density at radius 2 is 1.88 bits per heavy atom. The van der Waals surface area contributed by atoms with Crippen molar-refractivity contribution in [3.8, 4) is 0 Å². The molecule has 6 N–H and O–H groups in total. The number of amides is 1. The number of aliphatic hydroxyl groups excluding tert-OH is 2. The van der Waals surface area contributed by atoms with Crippen molar-refractivity contribution in [3.05, 3.63) is 27.7 Å². The Kier molecular flexibility index (Phi) is 4.59. The first-order valence-corrected chi connectivity index (χ1v) is 5.48. The first kappa shape index (κ1) is 14.1. The Hall–Kier alpha value is -1.01. The highest BCUT2D eigenvalue weighted by Gasteiger charge is 2.23. The summed E-state index contributed by atoms with van der Waals surface area (Å²) in [5, 5.41) is 19.5. The maximum Gasteiger partial charge on any atom is 0.220 e. The van der Waals surface area contributed by atoms with Crippen molar-refractivity contribution < 1.29 is 15.0 Å². The van der Waals surface area contributed by atoms with Crippen LogP contribution in [0.5, 0.6) is 0 Å². The quantitative estimate of drug-likeness (QED) is 0.612. The Morgan fingerprint density at radius 3 is 2.41 bits per heavy atom. The summed E-state index contributed by atoms with van der Waals surface area (Å²) < 4.78 is 0. The third kappa shape index (κ3) is 3.23. The Balaban J connectivity index is 3.00. The summed E-state index contributed by atoms with van der Waals surface area (Å²) in [7, 11) is 0. The third-order valence-electron chi connectivity index (χ3n) is 2.24. The smallest absolute Gasteiger partial charge is 0.220 e. The van der Waals surface area contributed by atoms with Crippen LogP contribution in [0.4, 0.5) is 5.69 Å². The van der Waals surface area contributed by atoms with Crippen LogP contribution in [0, 0.1) is 0 Å². The van der Waals surface area contributed by atoms with Gasteiger partial charge in [-0.15, -0.1) is 0 Å². The van der Waals surface area contributed by atoms with Gasteiger partial charge in [-0.2, -0.15) is 0 Å². The summed E-state index contributed by atoms with van der Waals surface area (Å²) in [6, 6.07) is 2.88. The van der Waals surface area contributed by atoms with Crippen LogP contribution in [-0.2, 0) is 4.79 Å². The summed E-state index contributed by atoms with van der Waals surface area (Å²) in [6.07, 6.45) is -3.07. The lowest BCUT2D eigenvalue weighted by molar-refractivity contribution is -0.121. The molecular formula is C10H12Cl2N2O3. The SMILES string of the molecule is NC(=O)CC(O)C(O)c1ccc(N)c(Cl)c1Cl. The van der Waals surface area contributed by atoms with E-state index in [1.54, 1.807) is 0 Å². The highest BCUT2D eigenvalue weighted by Crippen LogP contribution is 2.35. The molecule has 1 rings (SSSR count). The van der Waals surface area contributed by atoms with Gasteiger partial charge in [0.15, 0.2) is 0 Å². The number of anilines is 1. The first-order valence-electron chi connectivity index (χ1n) is 4.72. The van der Waals surface area contributed by atoms with Crippen molar-refractivity contribution in [2.45, 2.75) is 18.6 Å². The molecule has 0 aliphatic heterocycles. The zero-order chi connectivity index (χ0) is 13.2. The highest BCUT2D eigenvalue weighted by atomic mass is 35.5. The number of rotatable bonds is 4. The van der Waals surface area contributed by atoms with E-state index in [2.05, 4.69) is 0 Å². The number of carbonyl (C=O) groups excluding carboxylic acids is 1. The predicted octanol–water partition coefficient (Wildman–Crippen LogP) is 0.845. The number of nitrogens with two attached hydrogens (primary N) is 2. The summed E-state index contributed by atoms with van der Waals surface area (Å²) >= 11 is 11.7. The van der Waals surface area contributed by atoms with E-state index in [9.17, 15) is 15.0 Å². The normalized spacial score (nSPS) is 14.4. The fourth-order valence-corrected chi connectivity index (χ4v) is 1.79. The number of hydrogen-bond donors (Lipinski definition) is 4. The lowest BCUT2D eigenvalue weighted by Crippen LogP contribution is -2.25. The average molecular weight is 279 g/mol. The van der Waals surface area contributed by atoms with Crippen molar-refractivity contribution in [2.24, 2.45) is 5.73 Å². The van der Waals surface area contributed by atoms with Gasteiger partial charge in [0.25, 0.3) is 0 Å². The van der Waals surface area contributed by atoms with E-state index in [4.69, 9.17) is 34.7 Å². The predicted molar refractivity (Wildman–Crippen MR) is 65.7 cm³/mol. The van der Waals surface area contributed by atoms with Gasteiger partial charge in [0.2, 0.25) is 5.91 Å². The second-order valence-electron chi connectivity index (χ2n) is 3.55. The molecule has 0 aliphatic rings. The van der Waals surface area contributed by atoms with Gasteiger partial charge in [-0.3, -0.25) is 4.79 Å². The van der Waals surface area contributed by atoms with Crippen LogP contribution < -0.4 is 11.5 Å². The van der Waals surface area contributed by atoms with Gasteiger partial charge in [0.05, 0.1) is 28.3 Å². The van der Waals surface area contributed by atoms with E-state index in [0.29, 0.717) is 0 Å².